The maximum absolute atomic E-state index is 10.9. The van der Waals surface area contributed by atoms with Crippen LogP contribution in [-0.2, 0) is 9.59 Å². The molecule has 0 aromatic rings. The summed E-state index contributed by atoms with van der Waals surface area (Å²) in [5, 5.41) is 17.7. The first kappa shape index (κ1) is 9.77. The minimum absolute atomic E-state index is 0.744. The van der Waals surface area contributed by atoms with E-state index in [1.54, 1.807) is 13.8 Å². The van der Waals surface area contributed by atoms with E-state index in [1.807, 2.05) is 0 Å². The topological polar surface area (TPSA) is 74.6 Å². The van der Waals surface area contributed by atoms with Crippen molar-refractivity contribution in [1.29, 1.82) is 0 Å². The molecule has 1 aliphatic carbocycles. The van der Waals surface area contributed by atoms with E-state index in [0.717, 1.165) is 0 Å². The van der Waals surface area contributed by atoms with E-state index in [9.17, 15) is 9.59 Å². The van der Waals surface area contributed by atoms with Gasteiger partial charge < -0.3 is 10.2 Å². The Morgan fingerprint density at radius 1 is 1.38 bits per heavy atom. The van der Waals surface area contributed by atoms with Crippen LogP contribution in [-0.4, -0.2) is 22.2 Å². The average Bonchev–Trinajstić information content (AvgIpc) is 2.48. The lowest BCUT2D eigenvalue weighted by atomic mass is 9.96. The van der Waals surface area contributed by atoms with Gasteiger partial charge in [0.05, 0.1) is 5.92 Å². The number of hydrogen-bond acceptors (Lipinski definition) is 2. The van der Waals surface area contributed by atoms with E-state index in [-0.39, 0.29) is 0 Å². The fourth-order valence-electron chi connectivity index (χ4n) is 2.17. The van der Waals surface area contributed by atoms with Gasteiger partial charge in [-0.25, -0.2) is 0 Å². The van der Waals surface area contributed by atoms with Crippen LogP contribution >= 0.6 is 0 Å². The Hall–Kier alpha value is -1.32. The van der Waals surface area contributed by atoms with E-state index in [2.05, 4.69) is 6.58 Å². The van der Waals surface area contributed by atoms with Crippen LogP contribution in [0.4, 0.5) is 0 Å². The summed E-state index contributed by atoms with van der Waals surface area (Å²) < 4.78 is 0. The lowest BCUT2D eigenvalue weighted by Gasteiger charge is -2.07. The molecule has 0 spiro atoms. The molecule has 2 N–H and O–H groups in total. The van der Waals surface area contributed by atoms with Gasteiger partial charge >= 0.3 is 11.9 Å². The lowest BCUT2D eigenvalue weighted by Crippen LogP contribution is -2.19. The van der Waals surface area contributed by atoms with Crippen molar-refractivity contribution in [3.8, 4) is 0 Å². The summed E-state index contributed by atoms with van der Waals surface area (Å²) in [6.45, 7) is 6.65. The molecule has 1 rings (SSSR count). The molecule has 0 aromatic heterocycles. The summed E-state index contributed by atoms with van der Waals surface area (Å²) in [4.78, 5) is 21.7. The second-order valence-corrected chi connectivity index (χ2v) is 3.87. The molecular formula is C9H12O4. The van der Waals surface area contributed by atoms with Crippen molar-refractivity contribution in [2.24, 2.45) is 16.7 Å². The van der Waals surface area contributed by atoms with Crippen molar-refractivity contribution in [2.75, 3.05) is 0 Å². The van der Waals surface area contributed by atoms with Crippen molar-refractivity contribution in [3.05, 3.63) is 12.7 Å². The highest BCUT2D eigenvalue weighted by molar-refractivity contribution is 5.93. The molecule has 72 valence electrons. The Bertz CT molecular complexity index is 292. The van der Waals surface area contributed by atoms with Crippen LogP contribution in [0.3, 0.4) is 0 Å². The molecule has 0 bridgehead atoms. The summed E-state index contributed by atoms with van der Waals surface area (Å²) in [7, 11) is 0. The Morgan fingerprint density at radius 3 is 1.92 bits per heavy atom. The first-order valence-electron chi connectivity index (χ1n) is 3.92. The summed E-state index contributed by atoms with van der Waals surface area (Å²) in [6, 6.07) is 0. The monoisotopic (exact) mass is 184 g/mol. The maximum atomic E-state index is 10.9. The molecule has 0 amide bonds. The van der Waals surface area contributed by atoms with Crippen molar-refractivity contribution >= 4 is 11.9 Å². The van der Waals surface area contributed by atoms with Gasteiger partial charge in [0.25, 0.3) is 0 Å². The first-order chi connectivity index (χ1) is 5.82. The highest BCUT2D eigenvalue weighted by atomic mass is 16.4. The molecular weight excluding hydrogens is 172 g/mol. The highest BCUT2D eigenvalue weighted by Gasteiger charge is 2.77. The van der Waals surface area contributed by atoms with Crippen LogP contribution < -0.4 is 0 Å². The third kappa shape index (κ3) is 0.855. The SMILES string of the molecule is C=CC1(C(=O)O)C(C(=O)O)C1(C)C. The molecule has 0 saturated heterocycles. The van der Waals surface area contributed by atoms with Crippen molar-refractivity contribution in [1.82, 2.24) is 0 Å². The molecule has 4 nitrogen and oxygen atoms in total. The Balaban J connectivity index is 3.14. The predicted molar refractivity (Wildman–Crippen MR) is 45.2 cm³/mol. The second-order valence-electron chi connectivity index (χ2n) is 3.87. The summed E-state index contributed by atoms with van der Waals surface area (Å²) in [5.41, 5.74) is -2.04. The van der Waals surface area contributed by atoms with Gasteiger partial charge in [0, 0.05) is 0 Å². The third-order valence-electron chi connectivity index (χ3n) is 3.08. The fourth-order valence-corrected chi connectivity index (χ4v) is 2.17. The van der Waals surface area contributed by atoms with E-state index >= 15 is 0 Å². The quantitative estimate of drug-likeness (QED) is 0.641. The highest BCUT2D eigenvalue weighted by Crippen LogP contribution is 2.69. The molecule has 0 aromatic carbocycles. The number of aliphatic carboxylic acids is 2. The number of carboxylic acids is 2. The molecule has 1 aliphatic rings. The Morgan fingerprint density at radius 2 is 1.85 bits per heavy atom. The first-order valence-corrected chi connectivity index (χ1v) is 3.92. The van der Waals surface area contributed by atoms with Crippen LogP contribution in [0.5, 0.6) is 0 Å². The standard InChI is InChI=1S/C9H12O4/c1-4-9(7(12)13)5(6(10)11)8(9,2)3/h4-5H,1H2,2-3H3,(H,10,11)(H,12,13). The van der Waals surface area contributed by atoms with Crippen molar-refractivity contribution in [3.63, 3.8) is 0 Å². The lowest BCUT2D eigenvalue weighted by molar-refractivity contribution is -0.147. The van der Waals surface area contributed by atoms with Gasteiger partial charge in [-0.2, -0.15) is 0 Å². The third-order valence-corrected chi connectivity index (χ3v) is 3.08. The van der Waals surface area contributed by atoms with Gasteiger partial charge in [-0.1, -0.05) is 19.9 Å². The normalized spacial score (nSPS) is 35.1. The minimum atomic E-state index is -1.29. The molecule has 13 heavy (non-hydrogen) atoms. The average molecular weight is 184 g/mol. The van der Waals surface area contributed by atoms with Gasteiger partial charge in [0.2, 0.25) is 0 Å². The van der Waals surface area contributed by atoms with Crippen molar-refractivity contribution in [2.45, 2.75) is 13.8 Å². The number of rotatable bonds is 3. The Kier molecular flexibility index (Phi) is 1.76. The van der Waals surface area contributed by atoms with E-state index in [1.165, 1.54) is 6.08 Å². The van der Waals surface area contributed by atoms with Gasteiger partial charge in [-0.3, -0.25) is 9.59 Å². The van der Waals surface area contributed by atoms with Crippen LogP contribution in [0.2, 0.25) is 0 Å². The van der Waals surface area contributed by atoms with E-state index in [4.69, 9.17) is 10.2 Å². The molecule has 2 unspecified atom stereocenters. The summed E-state index contributed by atoms with van der Waals surface area (Å²) >= 11 is 0. The van der Waals surface area contributed by atoms with Crippen LogP contribution in [0.1, 0.15) is 13.8 Å². The second kappa shape index (κ2) is 2.34. The molecule has 4 heteroatoms. The maximum Gasteiger partial charge on any atom is 0.314 e. The van der Waals surface area contributed by atoms with Crippen LogP contribution in [0, 0.1) is 16.7 Å². The van der Waals surface area contributed by atoms with Crippen LogP contribution in [0.25, 0.3) is 0 Å². The zero-order valence-electron chi connectivity index (χ0n) is 7.57. The fraction of sp³-hybridized carbons (Fsp3) is 0.556. The molecule has 1 saturated carbocycles. The van der Waals surface area contributed by atoms with Gasteiger partial charge in [0.1, 0.15) is 5.41 Å². The summed E-state index contributed by atoms with van der Waals surface area (Å²) in [6.07, 6.45) is 1.23. The van der Waals surface area contributed by atoms with Gasteiger partial charge in [0.15, 0.2) is 0 Å². The van der Waals surface area contributed by atoms with Crippen LogP contribution in [0.15, 0.2) is 12.7 Å². The zero-order valence-corrected chi connectivity index (χ0v) is 7.57. The van der Waals surface area contributed by atoms with E-state index < -0.39 is 28.7 Å². The van der Waals surface area contributed by atoms with Crippen molar-refractivity contribution < 1.29 is 19.8 Å². The molecule has 0 radical (unpaired) electrons. The zero-order chi connectivity index (χ0) is 10.4. The number of carbonyl (C=O) groups is 2. The predicted octanol–water partition coefficient (Wildman–Crippen LogP) is 0.984. The minimum Gasteiger partial charge on any atom is -0.481 e. The Labute approximate surface area is 75.9 Å². The van der Waals surface area contributed by atoms with Gasteiger partial charge in [-0.05, 0) is 5.41 Å². The molecule has 2 atom stereocenters. The summed E-state index contributed by atoms with van der Waals surface area (Å²) in [5.74, 6) is -3.05. The number of hydrogen-bond donors (Lipinski definition) is 2. The molecule has 0 aliphatic heterocycles. The molecule has 1 fully saturated rings. The largest absolute Gasteiger partial charge is 0.481 e. The molecule has 0 heterocycles. The van der Waals surface area contributed by atoms with Gasteiger partial charge in [-0.15, -0.1) is 6.58 Å². The smallest absolute Gasteiger partial charge is 0.314 e. The van der Waals surface area contributed by atoms with E-state index in [0.29, 0.717) is 0 Å². The number of carboxylic acid groups (broad SMARTS) is 2.